The quantitative estimate of drug-likeness (QED) is 0.772. The van der Waals surface area contributed by atoms with Crippen LogP contribution in [0.3, 0.4) is 0 Å². The zero-order chi connectivity index (χ0) is 19.8. The van der Waals surface area contributed by atoms with Crippen LogP contribution in [0.1, 0.15) is 22.6 Å². The van der Waals surface area contributed by atoms with Gasteiger partial charge in [-0.05, 0) is 26.0 Å². The normalized spacial score (nSPS) is 16.0. The lowest BCUT2D eigenvalue weighted by atomic mass is 10.0. The first-order valence-electron chi connectivity index (χ1n) is 8.64. The second kappa shape index (κ2) is 7.69. The number of aromatic nitrogens is 2. The molecular formula is C18H22ClFN4O2S. The predicted molar refractivity (Wildman–Crippen MR) is 104 cm³/mol. The van der Waals surface area contributed by atoms with Crippen LogP contribution in [0.5, 0.6) is 0 Å². The molecule has 0 radical (unpaired) electrons. The van der Waals surface area contributed by atoms with E-state index in [9.17, 15) is 12.8 Å². The lowest BCUT2D eigenvalue weighted by Crippen LogP contribution is -2.49. The van der Waals surface area contributed by atoms with E-state index >= 15 is 0 Å². The smallest absolute Gasteiger partial charge is 0.211 e. The van der Waals surface area contributed by atoms with Crippen molar-refractivity contribution in [1.82, 2.24) is 14.3 Å². The van der Waals surface area contributed by atoms with E-state index < -0.39 is 10.0 Å². The van der Waals surface area contributed by atoms with Gasteiger partial charge in [0.1, 0.15) is 17.5 Å². The van der Waals surface area contributed by atoms with Crippen LogP contribution in [0.2, 0.25) is 5.02 Å². The van der Waals surface area contributed by atoms with E-state index in [-0.39, 0.29) is 12.2 Å². The first-order valence-corrected chi connectivity index (χ1v) is 10.9. The fourth-order valence-corrected chi connectivity index (χ4v) is 4.35. The summed E-state index contributed by atoms with van der Waals surface area (Å²) in [7, 11) is -3.21. The fourth-order valence-electron chi connectivity index (χ4n) is 3.30. The molecule has 2 heterocycles. The topological polar surface area (TPSA) is 66.4 Å². The molecule has 1 saturated heterocycles. The summed E-state index contributed by atoms with van der Waals surface area (Å²) in [5.41, 5.74) is 1.98. The molecule has 1 aliphatic rings. The molecule has 27 heavy (non-hydrogen) atoms. The highest BCUT2D eigenvalue weighted by Crippen LogP contribution is 2.29. The summed E-state index contributed by atoms with van der Waals surface area (Å²) in [5.74, 6) is 0.971. The lowest BCUT2D eigenvalue weighted by Gasteiger charge is -2.35. The first-order chi connectivity index (χ1) is 12.7. The molecule has 0 amide bonds. The molecule has 0 N–H and O–H groups in total. The molecule has 9 heteroatoms. The van der Waals surface area contributed by atoms with Gasteiger partial charge < -0.3 is 4.90 Å². The second-order valence-electron chi connectivity index (χ2n) is 6.68. The SMILES string of the molecule is Cc1nc(C)c(Cc2c(F)cccc2Cl)c(N2CCN(S(C)(=O)=O)CC2)n1. The van der Waals surface area contributed by atoms with Crippen molar-refractivity contribution in [3.05, 3.63) is 51.7 Å². The van der Waals surface area contributed by atoms with Crippen molar-refractivity contribution in [2.75, 3.05) is 37.3 Å². The maximum Gasteiger partial charge on any atom is 0.211 e. The number of benzene rings is 1. The third-order valence-electron chi connectivity index (χ3n) is 4.73. The van der Waals surface area contributed by atoms with Gasteiger partial charge in [-0.25, -0.2) is 22.8 Å². The summed E-state index contributed by atoms with van der Waals surface area (Å²) in [5, 5.41) is 0.364. The number of sulfonamides is 1. The van der Waals surface area contributed by atoms with Gasteiger partial charge in [0.2, 0.25) is 10.0 Å². The number of hydrogen-bond donors (Lipinski definition) is 0. The number of piperazine rings is 1. The summed E-state index contributed by atoms with van der Waals surface area (Å²) < 4.78 is 39.2. The largest absolute Gasteiger partial charge is 0.354 e. The van der Waals surface area contributed by atoms with E-state index in [1.54, 1.807) is 12.1 Å². The van der Waals surface area contributed by atoms with Gasteiger partial charge in [0.25, 0.3) is 0 Å². The monoisotopic (exact) mass is 412 g/mol. The van der Waals surface area contributed by atoms with Crippen molar-refractivity contribution in [2.24, 2.45) is 0 Å². The molecule has 2 aromatic rings. The Morgan fingerprint density at radius 3 is 2.37 bits per heavy atom. The van der Waals surface area contributed by atoms with Gasteiger partial charge in [-0.1, -0.05) is 17.7 Å². The van der Waals surface area contributed by atoms with Gasteiger partial charge in [0.05, 0.1) is 6.26 Å². The highest BCUT2D eigenvalue weighted by molar-refractivity contribution is 7.88. The molecule has 146 valence electrons. The van der Waals surface area contributed by atoms with Crippen molar-refractivity contribution in [2.45, 2.75) is 20.3 Å². The van der Waals surface area contributed by atoms with Crippen LogP contribution in [0.15, 0.2) is 18.2 Å². The molecule has 0 aliphatic carbocycles. The Balaban J connectivity index is 1.95. The maximum atomic E-state index is 14.3. The average Bonchev–Trinajstić information content (AvgIpc) is 2.59. The third kappa shape index (κ3) is 4.39. The number of aryl methyl sites for hydroxylation is 2. The molecule has 1 aliphatic heterocycles. The molecule has 0 bridgehead atoms. The molecule has 0 saturated carbocycles. The van der Waals surface area contributed by atoms with Gasteiger partial charge in [0, 0.05) is 54.4 Å². The van der Waals surface area contributed by atoms with Crippen LogP contribution in [-0.2, 0) is 16.4 Å². The van der Waals surface area contributed by atoms with Crippen molar-refractivity contribution >= 4 is 27.4 Å². The van der Waals surface area contributed by atoms with E-state index in [2.05, 4.69) is 9.97 Å². The number of rotatable bonds is 4. The van der Waals surface area contributed by atoms with Gasteiger partial charge >= 0.3 is 0 Å². The molecule has 0 unspecified atom stereocenters. The van der Waals surface area contributed by atoms with Crippen LogP contribution < -0.4 is 4.90 Å². The average molecular weight is 413 g/mol. The highest BCUT2D eigenvalue weighted by atomic mass is 35.5. The number of halogens is 2. The van der Waals surface area contributed by atoms with Gasteiger partial charge in [-0.3, -0.25) is 0 Å². The zero-order valence-electron chi connectivity index (χ0n) is 15.5. The Labute approximate surface area is 164 Å². The van der Waals surface area contributed by atoms with Crippen molar-refractivity contribution < 1.29 is 12.8 Å². The van der Waals surface area contributed by atoms with Crippen molar-refractivity contribution in [1.29, 1.82) is 0 Å². The Morgan fingerprint density at radius 2 is 1.78 bits per heavy atom. The number of nitrogens with zero attached hydrogens (tertiary/aromatic N) is 4. The van der Waals surface area contributed by atoms with Crippen LogP contribution in [0.25, 0.3) is 0 Å². The lowest BCUT2D eigenvalue weighted by molar-refractivity contribution is 0.386. The van der Waals surface area contributed by atoms with Crippen LogP contribution >= 0.6 is 11.6 Å². The fraction of sp³-hybridized carbons (Fsp3) is 0.444. The van der Waals surface area contributed by atoms with E-state index in [4.69, 9.17) is 11.6 Å². The summed E-state index contributed by atoms with van der Waals surface area (Å²) in [4.78, 5) is 11.0. The summed E-state index contributed by atoms with van der Waals surface area (Å²) in [6.45, 7) is 5.49. The molecular weight excluding hydrogens is 391 g/mol. The summed E-state index contributed by atoms with van der Waals surface area (Å²) >= 11 is 6.20. The molecule has 1 aromatic heterocycles. The predicted octanol–water partition coefficient (Wildman–Crippen LogP) is 2.56. The van der Waals surface area contributed by atoms with E-state index in [1.165, 1.54) is 16.6 Å². The maximum absolute atomic E-state index is 14.3. The molecule has 1 aromatic carbocycles. The minimum absolute atomic E-state index is 0.277. The Morgan fingerprint density at radius 1 is 1.11 bits per heavy atom. The highest BCUT2D eigenvalue weighted by Gasteiger charge is 2.26. The number of anilines is 1. The molecule has 1 fully saturated rings. The number of hydrogen-bond acceptors (Lipinski definition) is 5. The van der Waals surface area contributed by atoms with Crippen LogP contribution in [0.4, 0.5) is 10.2 Å². The van der Waals surface area contributed by atoms with Crippen molar-refractivity contribution in [3.8, 4) is 0 Å². The standard InChI is InChI=1S/C18H22ClFN4O2S/c1-12-14(11-15-16(19)5-4-6-17(15)20)18(22-13(2)21-12)23-7-9-24(10-8-23)27(3,25)26/h4-6H,7-11H2,1-3H3. The van der Waals surface area contributed by atoms with Crippen LogP contribution in [0, 0.1) is 19.7 Å². The van der Waals surface area contributed by atoms with E-state index in [0.717, 1.165) is 11.3 Å². The van der Waals surface area contributed by atoms with E-state index in [0.29, 0.717) is 48.4 Å². The minimum atomic E-state index is -3.21. The molecule has 6 nitrogen and oxygen atoms in total. The molecule has 0 atom stereocenters. The summed E-state index contributed by atoms with van der Waals surface area (Å²) in [6.07, 6.45) is 1.49. The third-order valence-corrected chi connectivity index (χ3v) is 6.38. The summed E-state index contributed by atoms with van der Waals surface area (Å²) in [6, 6.07) is 4.62. The zero-order valence-corrected chi connectivity index (χ0v) is 17.1. The van der Waals surface area contributed by atoms with Crippen molar-refractivity contribution in [3.63, 3.8) is 0 Å². The molecule has 3 rings (SSSR count). The second-order valence-corrected chi connectivity index (χ2v) is 9.07. The van der Waals surface area contributed by atoms with Gasteiger partial charge in [0.15, 0.2) is 0 Å². The first kappa shape index (κ1) is 20.0. The van der Waals surface area contributed by atoms with Gasteiger partial charge in [-0.15, -0.1) is 0 Å². The minimum Gasteiger partial charge on any atom is -0.354 e. The Bertz CT molecular complexity index is 940. The van der Waals surface area contributed by atoms with E-state index in [1.807, 2.05) is 18.7 Å². The Hall–Kier alpha value is -1.77. The Kier molecular flexibility index (Phi) is 5.69. The van der Waals surface area contributed by atoms with Crippen LogP contribution in [-0.4, -0.2) is 55.1 Å². The molecule has 0 spiro atoms. The van der Waals surface area contributed by atoms with Gasteiger partial charge in [-0.2, -0.15) is 4.31 Å².